The average Bonchev–Trinajstić information content (AvgIpc) is 2.64. The van der Waals surface area contributed by atoms with Crippen molar-refractivity contribution in [2.75, 3.05) is 10.6 Å². The summed E-state index contributed by atoms with van der Waals surface area (Å²) >= 11 is 0. The van der Waals surface area contributed by atoms with Crippen molar-refractivity contribution in [3.63, 3.8) is 0 Å². The number of hydrogen-bond donors (Lipinski definition) is 2. The molecule has 2 N–H and O–H groups in total. The lowest BCUT2D eigenvalue weighted by atomic mass is 10.1. The van der Waals surface area contributed by atoms with Crippen molar-refractivity contribution in [3.8, 4) is 0 Å². The minimum atomic E-state index is -0.390. The van der Waals surface area contributed by atoms with Gasteiger partial charge < -0.3 is 10.6 Å². The maximum Gasteiger partial charge on any atom is 0.258 e. The molecule has 0 saturated carbocycles. The lowest BCUT2D eigenvalue weighted by Crippen LogP contribution is -2.13. The van der Waals surface area contributed by atoms with E-state index in [1.807, 2.05) is 0 Å². The van der Waals surface area contributed by atoms with Crippen molar-refractivity contribution in [1.82, 2.24) is 9.97 Å². The zero-order chi connectivity index (χ0) is 18.5. The van der Waals surface area contributed by atoms with E-state index in [1.54, 1.807) is 36.4 Å². The number of nitrogens with zero attached hydrogens (tertiary/aromatic N) is 2. The molecule has 2 aromatic carbocycles. The Labute approximate surface area is 149 Å². The normalized spacial score (nSPS) is 10.2. The molecule has 0 spiro atoms. The molecule has 0 atom stereocenters. The molecule has 0 radical (unpaired) electrons. The highest BCUT2D eigenvalue weighted by molar-refractivity contribution is 6.04. The van der Waals surface area contributed by atoms with Crippen molar-refractivity contribution < 1.29 is 14.0 Å². The average molecular weight is 350 g/mol. The third kappa shape index (κ3) is 4.27. The van der Waals surface area contributed by atoms with Crippen LogP contribution in [0.15, 0.2) is 60.9 Å². The minimum absolute atomic E-state index is 0.0827. The van der Waals surface area contributed by atoms with Gasteiger partial charge in [-0.2, -0.15) is 0 Å². The van der Waals surface area contributed by atoms with Gasteiger partial charge in [0, 0.05) is 29.3 Å². The molecule has 3 rings (SSSR count). The fourth-order valence-electron chi connectivity index (χ4n) is 2.19. The second kappa shape index (κ2) is 7.52. The van der Waals surface area contributed by atoms with Gasteiger partial charge in [-0.3, -0.25) is 9.59 Å². The molecule has 0 saturated heterocycles. The standard InChI is InChI=1S/C19H15FN4O2/c1-12(25)13-3-2-4-17(9-13)23-18(26)14-10-21-19(22-11-14)24-16-7-5-15(20)6-8-16/h2-11H,1H3,(H,23,26)(H,21,22,24). The Bertz CT molecular complexity index is 941. The van der Waals surface area contributed by atoms with Gasteiger partial charge in [0.25, 0.3) is 5.91 Å². The lowest BCUT2D eigenvalue weighted by molar-refractivity contribution is 0.101. The molecule has 7 heteroatoms. The Hall–Kier alpha value is -3.61. The third-order valence-corrected chi connectivity index (χ3v) is 3.54. The Kier molecular flexibility index (Phi) is 4.98. The van der Waals surface area contributed by atoms with Crippen molar-refractivity contribution in [3.05, 3.63) is 77.9 Å². The van der Waals surface area contributed by atoms with Gasteiger partial charge >= 0.3 is 0 Å². The predicted molar refractivity (Wildman–Crippen MR) is 96.1 cm³/mol. The number of aromatic nitrogens is 2. The maximum absolute atomic E-state index is 12.9. The van der Waals surface area contributed by atoms with Crippen LogP contribution in [-0.2, 0) is 0 Å². The van der Waals surface area contributed by atoms with Crippen LogP contribution in [0.4, 0.5) is 21.7 Å². The Balaban J connectivity index is 1.68. The van der Waals surface area contributed by atoms with E-state index in [4.69, 9.17) is 0 Å². The molecule has 130 valence electrons. The van der Waals surface area contributed by atoms with Gasteiger partial charge in [-0.05, 0) is 43.3 Å². The molecule has 1 amide bonds. The van der Waals surface area contributed by atoms with Crippen LogP contribution in [0.25, 0.3) is 0 Å². The maximum atomic E-state index is 12.9. The summed E-state index contributed by atoms with van der Waals surface area (Å²) in [5, 5.41) is 5.60. The van der Waals surface area contributed by atoms with Crippen LogP contribution in [0, 0.1) is 5.82 Å². The van der Waals surface area contributed by atoms with Gasteiger partial charge in [0.1, 0.15) is 5.82 Å². The van der Waals surface area contributed by atoms with Crippen LogP contribution in [0.1, 0.15) is 27.6 Å². The number of ketones is 1. The van der Waals surface area contributed by atoms with E-state index in [9.17, 15) is 14.0 Å². The number of Topliss-reactive ketones (excluding diaryl/α,β-unsaturated/α-hetero) is 1. The molecule has 0 aliphatic rings. The quantitative estimate of drug-likeness (QED) is 0.684. The van der Waals surface area contributed by atoms with E-state index >= 15 is 0 Å². The van der Waals surface area contributed by atoms with Crippen molar-refractivity contribution >= 4 is 29.0 Å². The molecule has 26 heavy (non-hydrogen) atoms. The molecule has 0 aliphatic carbocycles. The lowest BCUT2D eigenvalue weighted by Gasteiger charge is -2.07. The van der Waals surface area contributed by atoms with Crippen molar-refractivity contribution in [2.45, 2.75) is 6.92 Å². The first-order valence-corrected chi connectivity index (χ1v) is 7.78. The number of halogens is 1. The summed E-state index contributed by atoms with van der Waals surface area (Å²) in [7, 11) is 0. The number of carbonyl (C=O) groups is 2. The zero-order valence-corrected chi connectivity index (χ0v) is 13.9. The Morgan fingerprint density at radius 2 is 1.62 bits per heavy atom. The number of anilines is 3. The second-order valence-corrected chi connectivity index (χ2v) is 5.52. The first kappa shape index (κ1) is 17.2. The fourth-order valence-corrected chi connectivity index (χ4v) is 2.19. The van der Waals surface area contributed by atoms with Gasteiger partial charge in [0.05, 0.1) is 5.56 Å². The van der Waals surface area contributed by atoms with Gasteiger partial charge in [-0.1, -0.05) is 12.1 Å². The zero-order valence-electron chi connectivity index (χ0n) is 13.9. The van der Waals surface area contributed by atoms with Crippen molar-refractivity contribution in [1.29, 1.82) is 0 Å². The van der Waals surface area contributed by atoms with E-state index in [2.05, 4.69) is 20.6 Å². The third-order valence-electron chi connectivity index (χ3n) is 3.54. The van der Waals surface area contributed by atoms with E-state index in [0.29, 0.717) is 16.9 Å². The summed E-state index contributed by atoms with van der Waals surface area (Å²) in [4.78, 5) is 31.8. The van der Waals surface area contributed by atoms with Crippen LogP contribution >= 0.6 is 0 Å². The molecule has 1 aromatic heterocycles. The molecule has 0 fully saturated rings. The van der Waals surface area contributed by atoms with Crippen molar-refractivity contribution in [2.24, 2.45) is 0 Å². The summed E-state index contributed by atoms with van der Waals surface area (Å²) < 4.78 is 12.9. The summed E-state index contributed by atoms with van der Waals surface area (Å²) in [5.74, 6) is -0.524. The molecule has 0 unspecified atom stereocenters. The summed E-state index contributed by atoms with van der Waals surface area (Å²) in [6.45, 7) is 1.46. The number of hydrogen-bond acceptors (Lipinski definition) is 5. The topological polar surface area (TPSA) is 84.0 Å². The van der Waals surface area contributed by atoms with Gasteiger partial charge in [-0.15, -0.1) is 0 Å². The number of rotatable bonds is 5. The number of benzene rings is 2. The van der Waals surface area contributed by atoms with Gasteiger partial charge in [-0.25, -0.2) is 14.4 Å². The van der Waals surface area contributed by atoms with E-state index in [-0.39, 0.29) is 29.0 Å². The number of amides is 1. The number of nitrogens with one attached hydrogen (secondary N) is 2. The summed E-state index contributed by atoms with van der Waals surface area (Å²) in [6, 6.07) is 12.4. The predicted octanol–water partition coefficient (Wildman–Crippen LogP) is 3.81. The molecule has 0 bridgehead atoms. The first-order valence-electron chi connectivity index (χ1n) is 7.78. The van der Waals surface area contributed by atoms with Crippen LogP contribution in [0.3, 0.4) is 0 Å². The van der Waals surface area contributed by atoms with Crippen LogP contribution in [-0.4, -0.2) is 21.7 Å². The molecule has 3 aromatic rings. The SMILES string of the molecule is CC(=O)c1cccc(NC(=O)c2cnc(Nc3ccc(F)cc3)nc2)c1. The molecule has 0 aliphatic heterocycles. The van der Waals surface area contributed by atoms with Crippen LogP contribution in [0.2, 0.25) is 0 Å². The Morgan fingerprint density at radius 3 is 2.27 bits per heavy atom. The van der Waals surface area contributed by atoms with Crippen LogP contribution in [0.5, 0.6) is 0 Å². The monoisotopic (exact) mass is 350 g/mol. The fraction of sp³-hybridized carbons (Fsp3) is 0.0526. The van der Waals surface area contributed by atoms with E-state index < -0.39 is 0 Å². The molecule has 6 nitrogen and oxygen atoms in total. The second-order valence-electron chi connectivity index (χ2n) is 5.52. The van der Waals surface area contributed by atoms with E-state index in [0.717, 1.165) is 0 Å². The highest BCUT2D eigenvalue weighted by Gasteiger charge is 2.09. The highest BCUT2D eigenvalue weighted by Crippen LogP contribution is 2.15. The molecular formula is C19H15FN4O2. The largest absolute Gasteiger partial charge is 0.324 e. The van der Waals surface area contributed by atoms with E-state index in [1.165, 1.54) is 31.5 Å². The molecular weight excluding hydrogens is 335 g/mol. The van der Waals surface area contributed by atoms with Gasteiger partial charge in [0.2, 0.25) is 5.95 Å². The summed E-state index contributed by atoms with van der Waals surface area (Å²) in [5.41, 5.74) is 1.92. The smallest absolute Gasteiger partial charge is 0.258 e. The van der Waals surface area contributed by atoms with Gasteiger partial charge in [0.15, 0.2) is 5.78 Å². The highest BCUT2D eigenvalue weighted by atomic mass is 19.1. The summed E-state index contributed by atoms with van der Waals surface area (Å²) in [6.07, 6.45) is 2.76. The number of carbonyl (C=O) groups excluding carboxylic acids is 2. The molecule has 1 heterocycles. The van der Waals surface area contributed by atoms with Crippen LogP contribution < -0.4 is 10.6 Å². The minimum Gasteiger partial charge on any atom is -0.324 e. The first-order chi connectivity index (χ1) is 12.5. The Morgan fingerprint density at radius 1 is 0.923 bits per heavy atom.